The first-order valence-corrected chi connectivity index (χ1v) is 10.3. The molecule has 3 heterocycles. The number of sulfonamides is 1. The Labute approximate surface area is 168 Å². The summed E-state index contributed by atoms with van der Waals surface area (Å²) < 4.78 is 106. The van der Waals surface area contributed by atoms with Gasteiger partial charge in [-0.25, -0.2) is 13.4 Å². The Kier molecular flexibility index (Phi) is 5.48. The monoisotopic (exact) mass is 473 g/mol. The molecule has 3 rings (SSSR count). The van der Waals surface area contributed by atoms with Gasteiger partial charge in [-0.3, -0.25) is 9.29 Å². The van der Waals surface area contributed by atoms with Gasteiger partial charge in [0.15, 0.2) is 0 Å². The fourth-order valence-electron chi connectivity index (χ4n) is 2.16. The standard InChI is InChI=1S/C14H9F6N5O3S2/c1-30(26,27)25(8-2-7(3-21-4-8)13(15,16)17)6-10-22-5-9(29-10)11-23-24-12(28-11)14(18,19)20/h2-5H,6H2,1H3. The summed E-state index contributed by atoms with van der Waals surface area (Å²) in [5, 5.41) is 6.18. The number of anilines is 1. The summed E-state index contributed by atoms with van der Waals surface area (Å²) in [7, 11) is -4.06. The zero-order valence-corrected chi connectivity index (χ0v) is 16.2. The van der Waals surface area contributed by atoms with E-state index in [1.807, 2.05) is 0 Å². The predicted molar refractivity (Wildman–Crippen MR) is 90.7 cm³/mol. The van der Waals surface area contributed by atoms with Crippen LogP contribution in [0.1, 0.15) is 16.5 Å². The molecule has 0 unspecified atom stereocenters. The summed E-state index contributed by atoms with van der Waals surface area (Å²) in [6, 6.07) is 0.607. The molecule has 0 radical (unpaired) electrons. The molecule has 162 valence electrons. The van der Waals surface area contributed by atoms with Gasteiger partial charge < -0.3 is 4.42 Å². The van der Waals surface area contributed by atoms with E-state index < -0.39 is 46.3 Å². The lowest BCUT2D eigenvalue weighted by Gasteiger charge is -2.21. The number of aromatic nitrogens is 4. The molecule has 16 heteroatoms. The van der Waals surface area contributed by atoms with Crippen LogP contribution in [0.3, 0.4) is 0 Å². The minimum Gasteiger partial charge on any atom is -0.412 e. The van der Waals surface area contributed by atoms with Crippen molar-refractivity contribution in [3.05, 3.63) is 41.1 Å². The highest BCUT2D eigenvalue weighted by atomic mass is 32.2. The van der Waals surface area contributed by atoms with Crippen molar-refractivity contribution >= 4 is 27.0 Å². The Balaban J connectivity index is 1.90. The van der Waals surface area contributed by atoms with Gasteiger partial charge in [0.2, 0.25) is 10.0 Å². The lowest BCUT2D eigenvalue weighted by atomic mass is 10.2. The van der Waals surface area contributed by atoms with E-state index >= 15 is 0 Å². The number of nitrogens with zero attached hydrogens (tertiary/aromatic N) is 5. The van der Waals surface area contributed by atoms with Crippen molar-refractivity contribution in [2.75, 3.05) is 10.6 Å². The summed E-state index contributed by atoms with van der Waals surface area (Å²) >= 11 is 0.735. The molecule has 0 bridgehead atoms. The SMILES string of the molecule is CS(=O)(=O)N(Cc1ncc(-c2nnc(C(F)(F)F)o2)s1)c1cncc(C(F)(F)F)c1. The fourth-order valence-corrected chi connectivity index (χ4v) is 3.91. The summed E-state index contributed by atoms with van der Waals surface area (Å²) in [6.45, 7) is -0.493. The zero-order valence-electron chi connectivity index (χ0n) is 14.6. The van der Waals surface area contributed by atoms with Gasteiger partial charge in [-0.15, -0.1) is 21.5 Å². The third kappa shape index (κ3) is 4.86. The maximum atomic E-state index is 12.9. The maximum Gasteiger partial charge on any atom is 0.470 e. The van der Waals surface area contributed by atoms with E-state index in [1.54, 1.807) is 0 Å². The van der Waals surface area contributed by atoms with Crippen LogP contribution in [0.5, 0.6) is 0 Å². The molecule has 0 atom stereocenters. The van der Waals surface area contributed by atoms with Crippen LogP contribution in [-0.2, 0) is 28.9 Å². The van der Waals surface area contributed by atoms with E-state index in [1.165, 1.54) is 0 Å². The molecule has 0 fully saturated rings. The van der Waals surface area contributed by atoms with Gasteiger partial charge in [0.25, 0.3) is 5.89 Å². The maximum absolute atomic E-state index is 12.9. The lowest BCUT2D eigenvalue weighted by Crippen LogP contribution is -2.29. The summed E-state index contributed by atoms with van der Waals surface area (Å²) in [4.78, 5) is 7.31. The van der Waals surface area contributed by atoms with E-state index in [4.69, 9.17) is 0 Å². The number of hydrogen-bond donors (Lipinski definition) is 0. The van der Waals surface area contributed by atoms with Crippen molar-refractivity contribution < 1.29 is 39.2 Å². The molecular weight excluding hydrogens is 464 g/mol. The number of hydrogen-bond acceptors (Lipinski definition) is 8. The fraction of sp³-hybridized carbons (Fsp3) is 0.286. The molecule has 0 aromatic carbocycles. The molecule has 30 heavy (non-hydrogen) atoms. The lowest BCUT2D eigenvalue weighted by molar-refractivity contribution is -0.157. The smallest absolute Gasteiger partial charge is 0.412 e. The van der Waals surface area contributed by atoms with Gasteiger partial charge >= 0.3 is 18.2 Å². The van der Waals surface area contributed by atoms with Crippen LogP contribution in [0, 0.1) is 0 Å². The van der Waals surface area contributed by atoms with Crippen LogP contribution in [0.2, 0.25) is 0 Å². The zero-order chi connectivity index (χ0) is 22.3. The average Bonchev–Trinajstić information content (AvgIpc) is 3.27. The third-order valence-corrected chi connectivity index (χ3v) is 5.56. The molecule has 3 aromatic rings. The van der Waals surface area contributed by atoms with E-state index in [2.05, 4.69) is 24.6 Å². The highest BCUT2D eigenvalue weighted by Gasteiger charge is 2.38. The van der Waals surface area contributed by atoms with E-state index in [0.717, 1.165) is 30.0 Å². The number of alkyl halides is 6. The van der Waals surface area contributed by atoms with Gasteiger partial charge in [0.05, 0.1) is 36.4 Å². The third-order valence-electron chi connectivity index (χ3n) is 3.45. The molecule has 0 saturated carbocycles. The van der Waals surface area contributed by atoms with Crippen molar-refractivity contribution in [3.8, 4) is 10.8 Å². The van der Waals surface area contributed by atoms with Gasteiger partial charge in [-0.2, -0.15) is 26.3 Å². The summed E-state index contributed by atoms with van der Waals surface area (Å²) in [5.74, 6) is -2.06. The van der Waals surface area contributed by atoms with Crippen LogP contribution in [0.15, 0.2) is 29.1 Å². The molecule has 0 spiro atoms. The Hall–Kier alpha value is -2.75. The van der Waals surface area contributed by atoms with E-state index in [9.17, 15) is 34.8 Å². The topological polar surface area (TPSA) is 102 Å². The second-order valence-electron chi connectivity index (χ2n) is 5.73. The Bertz CT molecular complexity index is 1160. The van der Waals surface area contributed by atoms with Crippen molar-refractivity contribution in [1.29, 1.82) is 0 Å². The number of pyridine rings is 1. The van der Waals surface area contributed by atoms with Gasteiger partial charge in [0, 0.05) is 6.20 Å². The second-order valence-corrected chi connectivity index (χ2v) is 8.75. The molecule has 0 aliphatic rings. The van der Waals surface area contributed by atoms with Crippen molar-refractivity contribution in [1.82, 2.24) is 20.2 Å². The highest BCUT2D eigenvalue weighted by Crippen LogP contribution is 2.34. The molecule has 0 N–H and O–H groups in total. The summed E-state index contributed by atoms with van der Waals surface area (Å²) in [5.41, 5.74) is -1.51. The Morgan fingerprint density at radius 3 is 2.33 bits per heavy atom. The minimum absolute atomic E-state index is 0.0172. The first-order chi connectivity index (χ1) is 13.7. The summed E-state index contributed by atoms with van der Waals surface area (Å²) in [6.07, 6.45) is -6.26. The van der Waals surface area contributed by atoms with Gasteiger partial charge in [-0.05, 0) is 6.07 Å². The molecule has 3 aromatic heterocycles. The largest absolute Gasteiger partial charge is 0.470 e. The van der Waals surface area contributed by atoms with Gasteiger partial charge in [-0.1, -0.05) is 0 Å². The molecule has 8 nitrogen and oxygen atoms in total. The first-order valence-electron chi connectivity index (χ1n) is 7.61. The molecular formula is C14H9F6N5O3S2. The highest BCUT2D eigenvalue weighted by molar-refractivity contribution is 7.92. The number of thiazole rings is 1. The molecule has 0 aliphatic heterocycles. The van der Waals surface area contributed by atoms with Crippen LogP contribution in [0.25, 0.3) is 10.8 Å². The van der Waals surface area contributed by atoms with Gasteiger partial charge in [0.1, 0.15) is 9.88 Å². The normalized spacial score (nSPS) is 12.9. The van der Waals surface area contributed by atoms with Crippen LogP contribution in [0.4, 0.5) is 32.0 Å². The van der Waals surface area contributed by atoms with E-state index in [-0.39, 0.29) is 15.6 Å². The molecule has 0 aliphatic carbocycles. The van der Waals surface area contributed by atoms with Crippen LogP contribution >= 0.6 is 11.3 Å². The first kappa shape index (κ1) is 21.9. The predicted octanol–water partition coefficient (Wildman–Crippen LogP) is 3.59. The molecule has 0 amide bonds. The quantitative estimate of drug-likeness (QED) is 0.522. The average molecular weight is 473 g/mol. The number of halogens is 6. The van der Waals surface area contributed by atoms with Crippen molar-refractivity contribution in [3.63, 3.8) is 0 Å². The minimum atomic E-state index is -4.84. The second kappa shape index (κ2) is 7.50. The van der Waals surface area contributed by atoms with Crippen LogP contribution in [-0.4, -0.2) is 34.8 Å². The number of rotatable bonds is 5. The van der Waals surface area contributed by atoms with Crippen LogP contribution < -0.4 is 4.31 Å². The molecule has 0 saturated heterocycles. The Morgan fingerprint density at radius 1 is 1.07 bits per heavy atom. The Morgan fingerprint density at radius 2 is 1.77 bits per heavy atom. The van der Waals surface area contributed by atoms with Crippen molar-refractivity contribution in [2.45, 2.75) is 18.9 Å². The van der Waals surface area contributed by atoms with Crippen molar-refractivity contribution in [2.24, 2.45) is 0 Å². The van der Waals surface area contributed by atoms with E-state index in [0.29, 0.717) is 16.6 Å².